The normalized spacial score (nSPS) is 21.2. The summed E-state index contributed by atoms with van der Waals surface area (Å²) < 4.78 is 0. The van der Waals surface area contributed by atoms with Gasteiger partial charge in [0.15, 0.2) is 0 Å². The SMILES string of the molecule is CSCC1=C(C(=O)O)N2C(=O)C(NC(=O)C(N)c3ccc(SCC(=O)O)cc3)[C@@H]2SC1. The molecule has 166 valence electrons. The summed E-state index contributed by atoms with van der Waals surface area (Å²) in [6, 6.07) is 4.79. The lowest BCUT2D eigenvalue weighted by atomic mass is 10.0. The van der Waals surface area contributed by atoms with E-state index in [4.69, 9.17) is 10.8 Å². The van der Waals surface area contributed by atoms with E-state index >= 15 is 0 Å². The zero-order valence-corrected chi connectivity index (χ0v) is 18.9. The van der Waals surface area contributed by atoms with Gasteiger partial charge in [-0.15, -0.1) is 23.5 Å². The molecule has 0 spiro atoms. The third-order valence-corrected chi connectivity index (χ3v) is 7.72. The molecule has 2 amide bonds. The van der Waals surface area contributed by atoms with Gasteiger partial charge in [-0.05, 0) is 29.5 Å². The molecule has 1 aromatic carbocycles. The Morgan fingerprint density at radius 2 is 1.97 bits per heavy atom. The number of carbonyl (C=O) groups is 4. The highest BCUT2D eigenvalue weighted by molar-refractivity contribution is 8.00. The second kappa shape index (κ2) is 9.98. The van der Waals surface area contributed by atoms with Crippen molar-refractivity contribution >= 4 is 59.0 Å². The van der Waals surface area contributed by atoms with E-state index in [9.17, 15) is 24.3 Å². The van der Waals surface area contributed by atoms with E-state index in [2.05, 4.69) is 5.32 Å². The number of aliphatic carboxylic acids is 2. The minimum absolute atomic E-state index is 0.00680. The number of rotatable bonds is 9. The summed E-state index contributed by atoms with van der Waals surface area (Å²) in [5.74, 6) is -2.15. The molecule has 2 aliphatic heterocycles. The van der Waals surface area contributed by atoms with Crippen LogP contribution in [0.3, 0.4) is 0 Å². The summed E-state index contributed by atoms with van der Waals surface area (Å²) in [7, 11) is 0. The molecule has 1 fully saturated rings. The molecule has 0 bridgehead atoms. The molecule has 5 N–H and O–H groups in total. The van der Waals surface area contributed by atoms with E-state index in [0.717, 1.165) is 16.7 Å². The van der Waals surface area contributed by atoms with Crippen molar-refractivity contribution in [1.82, 2.24) is 10.2 Å². The number of amides is 2. The molecule has 0 saturated carbocycles. The number of thioether (sulfide) groups is 3. The van der Waals surface area contributed by atoms with E-state index in [0.29, 0.717) is 22.6 Å². The number of nitrogens with one attached hydrogen (secondary N) is 1. The number of fused-ring (bicyclic) bond motifs is 1. The Bertz CT molecular complexity index is 936. The highest BCUT2D eigenvalue weighted by Crippen LogP contribution is 2.41. The Kier molecular flexibility index (Phi) is 7.57. The van der Waals surface area contributed by atoms with Crippen molar-refractivity contribution in [2.75, 3.05) is 23.5 Å². The van der Waals surface area contributed by atoms with E-state index in [1.165, 1.54) is 28.4 Å². The molecule has 1 saturated heterocycles. The van der Waals surface area contributed by atoms with Gasteiger partial charge < -0.3 is 21.3 Å². The van der Waals surface area contributed by atoms with Crippen LogP contribution in [0.25, 0.3) is 0 Å². The Balaban J connectivity index is 1.64. The van der Waals surface area contributed by atoms with E-state index < -0.39 is 41.2 Å². The van der Waals surface area contributed by atoms with Crippen LogP contribution in [0.15, 0.2) is 40.4 Å². The van der Waals surface area contributed by atoms with Gasteiger partial charge in [-0.25, -0.2) is 4.79 Å². The molecule has 1 aromatic rings. The molecule has 0 aromatic heterocycles. The summed E-state index contributed by atoms with van der Waals surface area (Å²) >= 11 is 4.06. The van der Waals surface area contributed by atoms with Gasteiger partial charge in [-0.2, -0.15) is 11.8 Å². The molecule has 2 heterocycles. The van der Waals surface area contributed by atoms with Gasteiger partial charge in [0.25, 0.3) is 5.91 Å². The standard InChI is InChI=1S/C19H21N3O6S3/c1-29-6-10-7-31-18-14(17(26)22(18)15(10)19(27)28)21-16(25)13(20)9-2-4-11(5-3-9)30-8-12(23)24/h2-5,13-14,18H,6-8,20H2,1H3,(H,21,25)(H,23,24)(H,27,28)/t13?,14?,18-/m0/s1. The summed E-state index contributed by atoms with van der Waals surface area (Å²) in [4.78, 5) is 49.6. The maximum atomic E-state index is 12.6. The van der Waals surface area contributed by atoms with Gasteiger partial charge in [0.2, 0.25) is 5.91 Å². The number of benzene rings is 1. The predicted molar refractivity (Wildman–Crippen MR) is 120 cm³/mol. The first-order chi connectivity index (χ1) is 14.7. The van der Waals surface area contributed by atoms with Crippen LogP contribution in [-0.4, -0.2) is 73.8 Å². The lowest BCUT2D eigenvalue weighted by Gasteiger charge is -2.49. The number of carbonyl (C=O) groups excluding carboxylic acids is 2. The third kappa shape index (κ3) is 5.03. The van der Waals surface area contributed by atoms with Crippen molar-refractivity contribution < 1.29 is 29.4 Å². The molecule has 2 unspecified atom stereocenters. The molecule has 2 aliphatic rings. The van der Waals surface area contributed by atoms with Gasteiger partial charge in [0, 0.05) is 16.4 Å². The van der Waals surface area contributed by atoms with Gasteiger partial charge in [-0.1, -0.05) is 12.1 Å². The number of carboxylic acids is 2. The van der Waals surface area contributed by atoms with Crippen LogP contribution in [0.4, 0.5) is 0 Å². The molecule has 0 radical (unpaired) electrons. The molecular formula is C19H21N3O6S3. The Morgan fingerprint density at radius 1 is 1.29 bits per heavy atom. The first-order valence-corrected chi connectivity index (χ1v) is 12.6. The summed E-state index contributed by atoms with van der Waals surface area (Å²) in [5, 5.41) is 20.5. The van der Waals surface area contributed by atoms with E-state index in [-0.39, 0.29) is 11.4 Å². The second-order valence-corrected chi connectivity index (χ2v) is 9.84. The average molecular weight is 484 g/mol. The van der Waals surface area contributed by atoms with Gasteiger partial charge in [-0.3, -0.25) is 19.3 Å². The smallest absolute Gasteiger partial charge is 0.352 e. The molecule has 31 heavy (non-hydrogen) atoms. The fourth-order valence-electron chi connectivity index (χ4n) is 3.28. The van der Waals surface area contributed by atoms with Crippen LogP contribution in [-0.2, 0) is 19.2 Å². The number of carboxylic acid groups (broad SMARTS) is 2. The largest absolute Gasteiger partial charge is 0.481 e. The lowest BCUT2D eigenvalue weighted by Crippen LogP contribution is -2.71. The first kappa shape index (κ1) is 23.5. The fraction of sp³-hybridized carbons (Fsp3) is 0.368. The Hall–Kier alpha value is -2.15. The highest BCUT2D eigenvalue weighted by Gasteiger charge is 2.54. The van der Waals surface area contributed by atoms with E-state index in [1.54, 1.807) is 24.3 Å². The Labute approximate surface area is 191 Å². The first-order valence-electron chi connectivity index (χ1n) is 9.14. The lowest BCUT2D eigenvalue weighted by molar-refractivity contribution is -0.150. The monoisotopic (exact) mass is 483 g/mol. The molecule has 12 heteroatoms. The van der Waals surface area contributed by atoms with Crippen LogP contribution in [0.1, 0.15) is 11.6 Å². The topological polar surface area (TPSA) is 150 Å². The van der Waals surface area contributed by atoms with Crippen molar-refractivity contribution in [1.29, 1.82) is 0 Å². The van der Waals surface area contributed by atoms with Crippen LogP contribution in [0.2, 0.25) is 0 Å². The number of nitrogens with two attached hydrogens (primary N) is 1. The molecule has 3 rings (SSSR count). The zero-order chi connectivity index (χ0) is 22.7. The van der Waals surface area contributed by atoms with Crippen molar-refractivity contribution in [3.8, 4) is 0 Å². The van der Waals surface area contributed by atoms with Crippen LogP contribution in [0.5, 0.6) is 0 Å². The van der Waals surface area contributed by atoms with Crippen LogP contribution < -0.4 is 11.1 Å². The fourth-order valence-corrected chi connectivity index (χ4v) is 5.96. The summed E-state index contributed by atoms with van der Waals surface area (Å²) in [6.45, 7) is 0. The molecule has 3 atom stereocenters. The van der Waals surface area contributed by atoms with Crippen molar-refractivity contribution in [2.45, 2.75) is 22.4 Å². The molecule has 0 aliphatic carbocycles. The maximum absolute atomic E-state index is 12.6. The van der Waals surface area contributed by atoms with Crippen LogP contribution in [0, 0.1) is 0 Å². The number of hydrogen-bond acceptors (Lipinski definition) is 8. The number of hydrogen-bond donors (Lipinski definition) is 4. The predicted octanol–water partition coefficient (Wildman–Crippen LogP) is 0.965. The number of β-lactam (4-membered cyclic amide) rings is 1. The maximum Gasteiger partial charge on any atom is 0.352 e. The minimum atomic E-state index is -1.15. The van der Waals surface area contributed by atoms with Crippen molar-refractivity contribution in [2.24, 2.45) is 5.73 Å². The molecule has 9 nitrogen and oxygen atoms in total. The van der Waals surface area contributed by atoms with Crippen LogP contribution >= 0.6 is 35.3 Å². The minimum Gasteiger partial charge on any atom is -0.481 e. The van der Waals surface area contributed by atoms with Crippen molar-refractivity contribution in [3.63, 3.8) is 0 Å². The zero-order valence-electron chi connectivity index (χ0n) is 16.4. The van der Waals surface area contributed by atoms with Gasteiger partial charge in [0.05, 0.1) is 5.75 Å². The van der Waals surface area contributed by atoms with E-state index in [1.807, 2.05) is 6.26 Å². The van der Waals surface area contributed by atoms with Gasteiger partial charge in [0.1, 0.15) is 23.2 Å². The molecular weight excluding hydrogens is 462 g/mol. The highest BCUT2D eigenvalue weighted by atomic mass is 32.2. The quantitative estimate of drug-likeness (QED) is 0.295. The number of nitrogens with zero attached hydrogens (tertiary/aromatic N) is 1. The third-order valence-electron chi connectivity index (χ3n) is 4.75. The second-order valence-electron chi connectivity index (χ2n) is 6.82. The Morgan fingerprint density at radius 3 is 2.55 bits per heavy atom. The van der Waals surface area contributed by atoms with Crippen molar-refractivity contribution in [3.05, 3.63) is 41.1 Å². The average Bonchev–Trinajstić information content (AvgIpc) is 2.75. The summed E-state index contributed by atoms with van der Waals surface area (Å²) in [6.07, 6.45) is 1.86. The van der Waals surface area contributed by atoms with Gasteiger partial charge >= 0.3 is 11.9 Å². The summed E-state index contributed by atoms with van der Waals surface area (Å²) in [5.41, 5.74) is 7.26.